The van der Waals surface area contributed by atoms with Gasteiger partial charge in [0.1, 0.15) is 18.0 Å². The van der Waals surface area contributed by atoms with E-state index in [2.05, 4.69) is 9.47 Å². The summed E-state index contributed by atoms with van der Waals surface area (Å²) in [6.45, 7) is -0.511. The lowest BCUT2D eigenvalue weighted by atomic mass is 10.1. The van der Waals surface area contributed by atoms with Crippen LogP contribution in [0.15, 0.2) is 36.4 Å². The number of hydrogen-bond donors (Lipinski definition) is 0. The molecule has 11 nitrogen and oxygen atoms in total. The highest BCUT2D eigenvalue weighted by Crippen LogP contribution is 2.25. The summed E-state index contributed by atoms with van der Waals surface area (Å²) in [5.41, 5.74) is -0.251. The first-order chi connectivity index (χ1) is 15.2. The normalized spacial score (nSPS) is 10.1. The second kappa shape index (κ2) is 10.8. The molecule has 0 saturated carbocycles. The number of methoxy groups -OCH3 is 4. The number of non-ortho nitro benzene ring substituents is 1. The Morgan fingerprint density at radius 3 is 1.97 bits per heavy atom. The molecule has 0 N–H and O–H groups in total. The van der Waals surface area contributed by atoms with Crippen LogP contribution in [0, 0.1) is 10.1 Å². The van der Waals surface area contributed by atoms with Crippen molar-refractivity contribution in [3.05, 3.63) is 63.2 Å². The average molecular weight is 446 g/mol. The van der Waals surface area contributed by atoms with Crippen molar-refractivity contribution in [3.63, 3.8) is 0 Å². The lowest BCUT2D eigenvalue weighted by Gasteiger charge is -2.22. The van der Waals surface area contributed by atoms with E-state index < -0.39 is 35.0 Å². The number of hydrogen-bond acceptors (Lipinski definition) is 9. The van der Waals surface area contributed by atoms with E-state index >= 15 is 0 Å². The predicted octanol–water partition coefficient (Wildman–Crippen LogP) is 2.21. The first-order valence-electron chi connectivity index (χ1n) is 9.18. The van der Waals surface area contributed by atoms with Crippen molar-refractivity contribution in [2.75, 3.05) is 35.0 Å². The quantitative estimate of drug-likeness (QED) is 0.323. The molecular weight excluding hydrogens is 424 g/mol. The number of amides is 1. The van der Waals surface area contributed by atoms with Crippen LogP contribution in [0.3, 0.4) is 0 Å². The Balaban J connectivity index is 2.50. The second-order valence-electron chi connectivity index (χ2n) is 6.48. The zero-order chi connectivity index (χ0) is 23.8. The summed E-state index contributed by atoms with van der Waals surface area (Å²) in [7, 11) is 5.21. The van der Waals surface area contributed by atoms with Crippen LogP contribution in [0.2, 0.25) is 0 Å². The number of benzene rings is 2. The predicted molar refractivity (Wildman–Crippen MR) is 111 cm³/mol. The molecule has 0 aliphatic rings. The van der Waals surface area contributed by atoms with Crippen molar-refractivity contribution >= 4 is 23.5 Å². The number of rotatable bonds is 9. The minimum atomic E-state index is -0.847. The summed E-state index contributed by atoms with van der Waals surface area (Å²) in [6, 6.07) is 8.11. The molecular formula is C21H22N2O9. The third kappa shape index (κ3) is 5.94. The summed E-state index contributed by atoms with van der Waals surface area (Å²) < 4.78 is 19.7. The fourth-order valence-electron chi connectivity index (χ4n) is 2.86. The molecule has 0 bridgehead atoms. The molecule has 0 aromatic heterocycles. The van der Waals surface area contributed by atoms with Crippen molar-refractivity contribution in [1.82, 2.24) is 4.90 Å². The Labute approximate surface area is 183 Å². The van der Waals surface area contributed by atoms with Gasteiger partial charge in [-0.1, -0.05) is 0 Å². The van der Waals surface area contributed by atoms with Gasteiger partial charge in [0.25, 0.3) is 11.6 Å². The summed E-state index contributed by atoms with van der Waals surface area (Å²) in [4.78, 5) is 48.8. The van der Waals surface area contributed by atoms with Gasteiger partial charge in [-0.3, -0.25) is 19.7 Å². The molecule has 0 aliphatic carbocycles. The van der Waals surface area contributed by atoms with Gasteiger partial charge in [0.15, 0.2) is 0 Å². The van der Waals surface area contributed by atoms with E-state index in [1.807, 2.05) is 0 Å². The molecule has 0 unspecified atom stereocenters. The maximum Gasteiger partial charge on any atom is 0.338 e. The van der Waals surface area contributed by atoms with Crippen molar-refractivity contribution in [1.29, 1.82) is 0 Å². The molecule has 32 heavy (non-hydrogen) atoms. The van der Waals surface area contributed by atoms with Crippen LogP contribution in [-0.4, -0.2) is 62.7 Å². The van der Waals surface area contributed by atoms with Crippen molar-refractivity contribution < 1.29 is 38.3 Å². The summed E-state index contributed by atoms with van der Waals surface area (Å²) in [5, 5.41) is 11.3. The second-order valence-corrected chi connectivity index (χ2v) is 6.48. The summed E-state index contributed by atoms with van der Waals surface area (Å²) in [5.74, 6) is -1.35. The minimum absolute atomic E-state index is 0.0717. The van der Waals surface area contributed by atoms with Gasteiger partial charge in [0.05, 0.1) is 38.9 Å². The Kier molecular flexibility index (Phi) is 8.11. The molecule has 0 spiro atoms. The van der Waals surface area contributed by atoms with Gasteiger partial charge in [0.2, 0.25) is 0 Å². The van der Waals surface area contributed by atoms with E-state index in [1.54, 1.807) is 18.2 Å². The lowest BCUT2D eigenvalue weighted by molar-refractivity contribution is -0.384. The molecule has 1 amide bonds. The Morgan fingerprint density at radius 2 is 1.47 bits per heavy atom. The van der Waals surface area contributed by atoms with E-state index in [0.29, 0.717) is 17.1 Å². The van der Waals surface area contributed by atoms with Crippen LogP contribution in [-0.2, 0) is 20.8 Å². The Hall–Kier alpha value is -4.15. The van der Waals surface area contributed by atoms with Gasteiger partial charge in [-0.25, -0.2) is 4.79 Å². The number of carbonyl (C=O) groups is 3. The molecule has 0 atom stereocenters. The molecule has 2 aromatic rings. The maximum atomic E-state index is 13.2. The van der Waals surface area contributed by atoms with Gasteiger partial charge in [-0.15, -0.1) is 0 Å². The number of nitrogens with zero attached hydrogens (tertiary/aromatic N) is 2. The first kappa shape index (κ1) is 24.1. The number of carbonyl (C=O) groups excluding carboxylic acids is 3. The largest absolute Gasteiger partial charge is 0.497 e. The van der Waals surface area contributed by atoms with Crippen LogP contribution in [0.1, 0.15) is 26.3 Å². The Bertz CT molecular complexity index is 1010. The first-order valence-corrected chi connectivity index (χ1v) is 9.18. The fourth-order valence-corrected chi connectivity index (χ4v) is 2.86. The zero-order valence-electron chi connectivity index (χ0n) is 17.9. The van der Waals surface area contributed by atoms with E-state index in [4.69, 9.17) is 9.47 Å². The van der Waals surface area contributed by atoms with Crippen molar-refractivity contribution in [2.24, 2.45) is 0 Å². The van der Waals surface area contributed by atoms with Gasteiger partial charge in [0, 0.05) is 30.3 Å². The van der Waals surface area contributed by atoms with Crippen LogP contribution in [0.25, 0.3) is 0 Å². The molecule has 0 heterocycles. The fraction of sp³-hybridized carbons (Fsp3) is 0.286. The minimum Gasteiger partial charge on any atom is -0.497 e. The average Bonchev–Trinajstić information content (AvgIpc) is 2.81. The lowest BCUT2D eigenvalue weighted by Crippen LogP contribution is -2.36. The number of nitro benzene ring substituents is 1. The number of esters is 2. The highest BCUT2D eigenvalue weighted by molar-refractivity contribution is 6.00. The van der Waals surface area contributed by atoms with Crippen LogP contribution in [0.5, 0.6) is 11.5 Å². The van der Waals surface area contributed by atoms with Gasteiger partial charge in [-0.05, 0) is 23.8 Å². The van der Waals surface area contributed by atoms with Crippen LogP contribution in [0.4, 0.5) is 5.69 Å². The smallest absolute Gasteiger partial charge is 0.338 e. The number of ether oxygens (including phenoxy) is 4. The molecule has 11 heteroatoms. The standard InChI is InChI=1S/C21H22N2O9/c1-29-17-5-13(6-18(10-17)30-2)11-22(12-19(24)31-3)20(25)14-7-15(21(26)32-4)9-16(8-14)23(27)28/h5-10H,11-12H2,1-4H3. The monoisotopic (exact) mass is 446 g/mol. The molecule has 0 aliphatic heterocycles. The van der Waals surface area contributed by atoms with Gasteiger partial charge < -0.3 is 23.8 Å². The highest BCUT2D eigenvalue weighted by Gasteiger charge is 2.24. The molecule has 0 saturated heterocycles. The van der Waals surface area contributed by atoms with Gasteiger partial charge >= 0.3 is 11.9 Å². The Morgan fingerprint density at radius 1 is 0.875 bits per heavy atom. The van der Waals surface area contributed by atoms with Crippen molar-refractivity contribution in [3.8, 4) is 11.5 Å². The highest BCUT2D eigenvalue weighted by atomic mass is 16.6. The summed E-state index contributed by atoms with van der Waals surface area (Å²) >= 11 is 0. The van der Waals surface area contributed by atoms with E-state index in [0.717, 1.165) is 30.2 Å². The maximum absolute atomic E-state index is 13.2. The zero-order valence-corrected chi connectivity index (χ0v) is 17.9. The molecule has 0 fully saturated rings. The van der Waals surface area contributed by atoms with Crippen LogP contribution < -0.4 is 9.47 Å². The summed E-state index contributed by atoms with van der Waals surface area (Å²) in [6.07, 6.45) is 0. The van der Waals surface area contributed by atoms with E-state index in [-0.39, 0.29) is 17.7 Å². The SMILES string of the molecule is COC(=O)CN(Cc1cc(OC)cc(OC)c1)C(=O)c1cc(C(=O)OC)cc([N+](=O)[O-])c1. The van der Waals surface area contributed by atoms with Crippen LogP contribution >= 0.6 is 0 Å². The molecule has 0 radical (unpaired) electrons. The van der Waals surface area contributed by atoms with E-state index in [1.165, 1.54) is 21.3 Å². The topological polar surface area (TPSA) is 135 Å². The molecule has 2 aromatic carbocycles. The molecule has 2 rings (SSSR count). The van der Waals surface area contributed by atoms with Crippen molar-refractivity contribution in [2.45, 2.75) is 6.54 Å². The molecule has 170 valence electrons. The van der Waals surface area contributed by atoms with E-state index in [9.17, 15) is 24.5 Å². The third-order valence-corrected chi connectivity index (χ3v) is 4.42. The third-order valence-electron chi connectivity index (χ3n) is 4.42. The van der Waals surface area contributed by atoms with Gasteiger partial charge in [-0.2, -0.15) is 0 Å². The number of nitro groups is 1.